The minimum absolute atomic E-state index is 0.0453. The van der Waals surface area contributed by atoms with Crippen LogP contribution in [0.15, 0.2) is 41.4 Å². The van der Waals surface area contributed by atoms with Crippen LogP contribution in [0.3, 0.4) is 0 Å². The van der Waals surface area contributed by atoms with Crippen molar-refractivity contribution in [1.29, 1.82) is 0 Å². The van der Waals surface area contributed by atoms with Crippen molar-refractivity contribution in [1.82, 2.24) is 4.98 Å². The number of rotatable bonds is 4. The van der Waals surface area contributed by atoms with E-state index in [1.54, 1.807) is 6.07 Å². The maximum Gasteiger partial charge on any atom is 0.292 e. The number of nitro benzene ring substituents is 1. The predicted molar refractivity (Wildman–Crippen MR) is 77.6 cm³/mol. The molecule has 8 nitrogen and oxygen atoms in total. The number of hydrogen-bond donors (Lipinski definition) is 2. The van der Waals surface area contributed by atoms with Crippen LogP contribution < -0.4 is 10.5 Å². The molecule has 21 heavy (non-hydrogen) atoms. The van der Waals surface area contributed by atoms with Gasteiger partial charge < -0.3 is 5.73 Å². The third-order valence-corrected chi connectivity index (χ3v) is 4.14. The Hall–Kier alpha value is -2.39. The van der Waals surface area contributed by atoms with Crippen molar-refractivity contribution < 1.29 is 13.3 Å². The zero-order chi connectivity index (χ0) is 15.6. The summed E-state index contributed by atoms with van der Waals surface area (Å²) in [7, 11) is -4.00. The van der Waals surface area contributed by atoms with Crippen molar-refractivity contribution in [3.8, 4) is 0 Å². The Morgan fingerprint density at radius 1 is 1.33 bits per heavy atom. The molecule has 0 aliphatic heterocycles. The summed E-state index contributed by atoms with van der Waals surface area (Å²) < 4.78 is 26.5. The van der Waals surface area contributed by atoms with Crippen molar-refractivity contribution in [3.05, 3.63) is 51.7 Å². The van der Waals surface area contributed by atoms with E-state index in [1.165, 1.54) is 12.3 Å². The van der Waals surface area contributed by atoms with Crippen LogP contribution in [0.4, 0.5) is 17.2 Å². The van der Waals surface area contributed by atoms with E-state index in [2.05, 4.69) is 9.71 Å². The number of aromatic nitrogens is 1. The van der Waals surface area contributed by atoms with Gasteiger partial charge in [0, 0.05) is 12.3 Å². The van der Waals surface area contributed by atoms with Gasteiger partial charge in [0.05, 0.1) is 14.8 Å². The maximum atomic E-state index is 12.2. The van der Waals surface area contributed by atoms with Crippen LogP contribution in [0, 0.1) is 10.1 Å². The number of hydrogen-bond acceptors (Lipinski definition) is 6. The van der Waals surface area contributed by atoms with Crippen molar-refractivity contribution in [2.75, 3.05) is 10.5 Å². The Kier molecular flexibility index (Phi) is 3.96. The van der Waals surface area contributed by atoms with E-state index in [-0.39, 0.29) is 27.1 Å². The van der Waals surface area contributed by atoms with Crippen molar-refractivity contribution in [3.63, 3.8) is 0 Å². The molecule has 0 fully saturated rings. The highest BCUT2D eigenvalue weighted by atomic mass is 35.5. The SMILES string of the molecule is Nc1cc(S(=O)(=O)Nc2ncccc2Cl)ccc1[N+](=O)[O-]. The summed E-state index contributed by atoms with van der Waals surface area (Å²) in [5.41, 5.74) is 4.84. The number of nitrogen functional groups attached to an aromatic ring is 1. The minimum Gasteiger partial charge on any atom is -0.393 e. The monoisotopic (exact) mass is 328 g/mol. The number of nitrogens with two attached hydrogens (primary N) is 1. The molecule has 0 amide bonds. The molecule has 10 heteroatoms. The molecule has 1 aromatic carbocycles. The van der Waals surface area contributed by atoms with Gasteiger partial charge >= 0.3 is 0 Å². The maximum absolute atomic E-state index is 12.2. The van der Waals surface area contributed by atoms with E-state index in [0.29, 0.717) is 0 Å². The fourth-order valence-electron chi connectivity index (χ4n) is 1.51. The van der Waals surface area contributed by atoms with E-state index < -0.39 is 14.9 Å². The summed E-state index contributed by atoms with van der Waals surface area (Å²) >= 11 is 5.81. The average molecular weight is 329 g/mol. The zero-order valence-corrected chi connectivity index (χ0v) is 11.9. The van der Waals surface area contributed by atoms with Crippen LogP contribution in [0.5, 0.6) is 0 Å². The summed E-state index contributed by atoms with van der Waals surface area (Å²) in [6, 6.07) is 6.11. The largest absolute Gasteiger partial charge is 0.393 e. The van der Waals surface area contributed by atoms with Gasteiger partial charge in [0.1, 0.15) is 5.69 Å². The topological polar surface area (TPSA) is 128 Å². The fourth-order valence-corrected chi connectivity index (χ4v) is 2.80. The molecule has 0 atom stereocenters. The van der Waals surface area contributed by atoms with Gasteiger partial charge in [-0.2, -0.15) is 0 Å². The van der Waals surface area contributed by atoms with E-state index in [0.717, 1.165) is 18.2 Å². The Balaban J connectivity index is 2.39. The second kappa shape index (κ2) is 5.54. The van der Waals surface area contributed by atoms with Gasteiger partial charge in [-0.15, -0.1) is 0 Å². The first-order valence-electron chi connectivity index (χ1n) is 5.48. The Labute approximate surface area is 124 Å². The molecule has 3 N–H and O–H groups in total. The Morgan fingerprint density at radius 2 is 2.05 bits per heavy atom. The second-order valence-electron chi connectivity index (χ2n) is 3.92. The molecule has 0 bridgehead atoms. The van der Waals surface area contributed by atoms with Crippen LogP contribution in [0.2, 0.25) is 5.02 Å². The number of nitrogens with zero attached hydrogens (tertiary/aromatic N) is 2. The van der Waals surface area contributed by atoms with E-state index in [9.17, 15) is 18.5 Å². The third kappa shape index (κ3) is 3.20. The highest BCUT2D eigenvalue weighted by Crippen LogP contribution is 2.26. The predicted octanol–water partition coefficient (Wildman–Crippen LogP) is 2.03. The Morgan fingerprint density at radius 3 is 2.62 bits per heavy atom. The number of nitro groups is 1. The molecule has 2 rings (SSSR count). The average Bonchev–Trinajstić information content (AvgIpc) is 2.40. The molecule has 2 aromatic rings. The summed E-state index contributed by atoms with van der Waals surface area (Å²) in [6.07, 6.45) is 1.37. The molecular formula is C11H9ClN4O4S. The lowest BCUT2D eigenvalue weighted by Crippen LogP contribution is -2.14. The summed E-state index contributed by atoms with van der Waals surface area (Å²) in [5, 5.41) is 10.8. The molecule has 0 unspecified atom stereocenters. The van der Waals surface area contributed by atoms with Crippen LogP contribution in [-0.2, 0) is 10.0 Å². The lowest BCUT2D eigenvalue weighted by molar-refractivity contribution is -0.383. The number of nitrogens with one attached hydrogen (secondary N) is 1. The standard InChI is InChI=1S/C11H9ClN4O4S/c12-8-2-1-5-14-11(8)15-21(19,20)7-3-4-10(16(17)18)9(13)6-7/h1-6H,13H2,(H,14,15). The zero-order valence-electron chi connectivity index (χ0n) is 10.4. The molecule has 0 spiro atoms. The summed E-state index contributed by atoms with van der Waals surface area (Å²) in [6.45, 7) is 0. The fraction of sp³-hybridized carbons (Fsp3) is 0. The van der Waals surface area contributed by atoms with E-state index >= 15 is 0 Å². The quantitative estimate of drug-likeness (QED) is 0.502. The van der Waals surface area contributed by atoms with Crippen molar-refractivity contribution in [2.45, 2.75) is 4.90 Å². The molecule has 0 saturated carbocycles. The normalized spacial score (nSPS) is 11.1. The number of sulfonamides is 1. The summed E-state index contributed by atoms with van der Waals surface area (Å²) in [4.78, 5) is 13.5. The van der Waals surface area contributed by atoms with Gasteiger partial charge in [-0.3, -0.25) is 14.8 Å². The van der Waals surface area contributed by atoms with Gasteiger partial charge in [0.25, 0.3) is 15.7 Å². The number of anilines is 2. The van der Waals surface area contributed by atoms with Gasteiger partial charge in [-0.1, -0.05) is 11.6 Å². The first-order valence-corrected chi connectivity index (χ1v) is 7.34. The van der Waals surface area contributed by atoms with E-state index in [4.69, 9.17) is 17.3 Å². The van der Waals surface area contributed by atoms with Gasteiger partial charge in [0.15, 0.2) is 5.82 Å². The first-order chi connectivity index (χ1) is 9.81. The third-order valence-electron chi connectivity index (χ3n) is 2.50. The Bertz CT molecular complexity index is 810. The molecule has 1 aromatic heterocycles. The van der Waals surface area contributed by atoms with Gasteiger partial charge in [-0.05, 0) is 24.3 Å². The molecule has 0 aliphatic carbocycles. The van der Waals surface area contributed by atoms with Crippen LogP contribution >= 0.6 is 11.6 Å². The first kappa shape index (κ1) is 15.0. The lowest BCUT2D eigenvalue weighted by atomic mass is 10.3. The van der Waals surface area contributed by atoms with Crippen molar-refractivity contribution >= 4 is 38.8 Å². The molecule has 0 saturated heterocycles. The highest BCUT2D eigenvalue weighted by Gasteiger charge is 2.20. The van der Waals surface area contributed by atoms with Crippen LogP contribution in [-0.4, -0.2) is 18.3 Å². The molecular weight excluding hydrogens is 320 g/mol. The smallest absolute Gasteiger partial charge is 0.292 e. The minimum atomic E-state index is -4.00. The number of pyridine rings is 1. The second-order valence-corrected chi connectivity index (χ2v) is 6.01. The van der Waals surface area contributed by atoms with Gasteiger partial charge in [-0.25, -0.2) is 13.4 Å². The summed E-state index contributed by atoms with van der Waals surface area (Å²) in [5.74, 6) is -0.0453. The van der Waals surface area contributed by atoms with Crippen molar-refractivity contribution in [2.24, 2.45) is 0 Å². The van der Waals surface area contributed by atoms with Crippen LogP contribution in [0.25, 0.3) is 0 Å². The molecule has 0 radical (unpaired) electrons. The molecule has 0 aliphatic rings. The highest BCUT2D eigenvalue weighted by molar-refractivity contribution is 7.92. The van der Waals surface area contributed by atoms with Crippen LogP contribution in [0.1, 0.15) is 0 Å². The van der Waals surface area contributed by atoms with E-state index in [1.807, 2.05) is 0 Å². The van der Waals surface area contributed by atoms with Gasteiger partial charge in [0.2, 0.25) is 0 Å². The lowest BCUT2D eigenvalue weighted by Gasteiger charge is -2.09. The molecule has 110 valence electrons. The molecule has 1 heterocycles. The number of halogens is 1. The number of benzene rings is 1.